The summed E-state index contributed by atoms with van der Waals surface area (Å²) in [6.07, 6.45) is 0.606. The third-order valence-corrected chi connectivity index (χ3v) is 5.34. The van der Waals surface area contributed by atoms with Gasteiger partial charge >= 0.3 is 11.9 Å². The van der Waals surface area contributed by atoms with Gasteiger partial charge in [0.05, 0.1) is 17.8 Å². The molecule has 0 spiro atoms. The summed E-state index contributed by atoms with van der Waals surface area (Å²) in [6.45, 7) is 7.43. The molecule has 1 fully saturated rings. The first-order chi connectivity index (χ1) is 12.4. The van der Waals surface area contributed by atoms with Crippen LogP contribution in [0.25, 0.3) is 0 Å². The zero-order valence-electron chi connectivity index (χ0n) is 15.6. The summed E-state index contributed by atoms with van der Waals surface area (Å²) in [6, 6.07) is 0. The Morgan fingerprint density at radius 3 is 2.63 bits per heavy atom. The minimum atomic E-state index is -1.88. The van der Waals surface area contributed by atoms with E-state index in [-0.39, 0.29) is 35.3 Å². The normalized spacial score (nSPS) is 40.3. The van der Waals surface area contributed by atoms with Crippen LogP contribution < -0.4 is 0 Å². The fourth-order valence-electron chi connectivity index (χ4n) is 3.70. The van der Waals surface area contributed by atoms with Crippen molar-refractivity contribution in [2.24, 2.45) is 0 Å². The van der Waals surface area contributed by atoms with Crippen molar-refractivity contribution in [2.45, 2.75) is 63.1 Å². The van der Waals surface area contributed by atoms with Crippen LogP contribution >= 0.6 is 0 Å². The fourth-order valence-corrected chi connectivity index (χ4v) is 3.70. The maximum atomic E-state index is 12.2. The molecule has 2 bridgehead atoms. The van der Waals surface area contributed by atoms with E-state index in [1.807, 2.05) is 0 Å². The van der Waals surface area contributed by atoms with Gasteiger partial charge in [0.2, 0.25) is 0 Å². The molecule has 3 rings (SSSR count). The molecule has 3 heterocycles. The molecule has 0 aromatic heterocycles. The molecule has 0 aliphatic carbocycles. The Balaban J connectivity index is 2.18. The average Bonchev–Trinajstić information content (AvgIpc) is 3.03. The minimum absolute atomic E-state index is 0.0649. The van der Waals surface area contributed by atoms with E-state index in [2.05, 4.69) is 6.58 Å². The number of aliphatic hydroxyl groups is 3. The Kier molecular flexibility index (Phi) is 4.59. The lowest BCUT2D eigenvalue weighted by molar-refractivity contribution is -0.298. The van der Waals surface area contributed by atoms with E-state index < -0.39 is 41.6 Å². The molecule has 0 aromatic rings. The molecule has 0 amide bonds. The van der Waals surface area contributed by atoms with Crippen molar-refractivity contribution >= 4 is 11.9 Å². The predicted molar refractivity (Wildman–Crippen MR) is 91.9 cm³/mol. The Morgan fingerprint density at radius 2 is 2.04 bits per heavy atom. The highest BCUT2D eigenvalue weighted by Gasteiger charge is 2.58. The second-order valence-electron chi connectivity index (χ2n) is 7.80. The van der Waals surface area contributed by atoms with Gasteiger partial charge in [0, 0.05) is 24.0 Å². The SMILES string of the molecule is C=C(C)C(=O)OC1CC(C)(O)C2(O)CCC(C)(/C=C3/OC(=O)C(CO)=C31)O2. The van der Waals surface area contributed by atoms with Gasteiger partial charge in [-0.2, -0.15) is 0 Å². The van der Waals surface area contributed by atoms with Gasteiger partial charge in [-0.3, -0.25) is 0 Å². The Hall–Kier alpha value is -2.00. The van der Waals surface area contributed by atoms with Gasteiger partial charge < -0.3 is 29.5 Å². The Labute approximate surface area is 156 Å². The van der Waals surface area contributed by atoms with E-state index in [1.165, 1.54) is 19.9 Å². The van der Waals surface area contributed by atoms with Crippen LogP contribution in [0.4, 0.5) is 0 Å². The largest absolute Gasteiger partial charge is 0.454 e. The lowest BCUT2D eigenvalue weighted by Gasteiger charge is -2.40. The highest BCUT2D eigenvalue weighted by Crippen LogP contribution is 2.49. The molecule has 8 heteroatoms. The number of hydrogen-bond acceptors (Lipinski definition) is 8. The number of rotatable bonds is 3. The summed E-state index contributed by atoms with van der Waals surface area (Å²) >= 11 is 0. The second kappa shape index (κ2) is 6.27. The van der Waals surface area contributed by atoms with Crippen molar-refractivity contribution < 1.29 is 39.1 Å². The Morgan fingerprint density at radius 1 is 1.37 bits per heavy atom. The number of aliphatic hydroxyl groups excluding tert-OH is 1. The van der Waals surface area contributed by atoms with Crippen LogP contribution in [0.2, 0.25) is 0 Å². The minimum Gasteiger partial charge on any atom is -0.454 e. The van der Waals surface area contributed by atoms with Gasteiger partial charge in [0.15, 0.2) is 5.79 Å². The lowest BCUT2D eigenvalue weighted by Crippen LogP contribution is -2.54. The van der Waals surface area contributed by atoms with Crippen molar-refractivity contribution in [1.29, 1.82) is 0 Å². The van der Waals surface area contributed by atoms with Crippen LogP contribution in [0.5, 0.6) is 0 Å². The second-order valence-corrected chi connectivity index (χ2v) is 7.80. The first-order valence-electron chi connectivity index (χ1n) is 8.72. The highest BCUT2D eigenvalue weighted by atomic mass is 16.7. The van der Waals surface area contributed by atoms with Crippen LogP contribution in [0.1, 0.15) is 40.0 Å². The number of ether oxygens (including phenoxy) is 3. The van der Waals surface area contributed by atoms with Crippen LogP contribution in [0.3, 0.4) is 0 Å². The molecule has 8 nitrogen and oxygen atoms in total. The van der Waals surface area contributed by atoms with Crippen molar-refractivity contribution in [3.63, 3.8) is 0 Å². The number of carbonyl (C=O) groups is 2. The topological polar surface area (TPSA) is 123 Å². The molecule has 0 aromatic carbocycles. The number of fused-ring (bicyclic) bond motifs is 3. The molecule has 1 saturated heterocycles. The van der Waals surface area contributed by atoms with Crippen molar-refractivity contribution in [1.82, 2.24) is 0 Å². The third-order valence-electron chi connectivity index (χ3n) is 5.34. The average molecular weight is 380 g/mol. The summed E-state index contributed by atoms with van der Waals surface area (Å²) in [5.41, 5.74) is -2.60. The fraction of sp³-hybridized carbons (Fsp3) is 0.579. The molecule has 0 radical (unpaired) electrons. The van der Waals surface area contributed by atoms with E-state index in [1.54, 1.807) is 6.92 Å². The summed E-state index contributed by atoms with van der Waals surface area (Å²) in [7, 11) is 0. The molecule has 4 atom stereocenters. The first kappa shape index (κ1) is 19.8. The zero-order valence-corrected chi connectivity index (χ0v) is 15.6. The van der Waals surface area contributed by atoms with E-state index in [0.29, 0.717) is 6.42 Å². The molecule has 148 valence electrons. The number of esters is 2. The van der Waals surface area contributed by atoms with Gasteiger partial charge in [-0.1, -0.05) is 6.58 Å². The van der Waals surface area contributed by atoms with Crippen molar-refractivity contribution in [3.05, 3.63) is 35.1 Å². The number of carbonyl (C=O) groups excluding carboxylic acids is 2. The van der Waals surface area contributed by atoms with Crippen LogP contribution in [0, 0.1) is 0 Å². The summed E-state index contributed by atoms with van der Waals surface area (Å²) in [5, 5.41) is 31.6. The molecule has 3 N–H and O–H groups in total. The van der Waals surface area contributed by atoms with Crippen LogP contribution in [-0.2, 0) is 23.8 Å². The molecule has 4 unspecified atom stereocenters. The standard InChI is InChI=1S/C19H24O8/c1-10(2)15(21)25-13-8-18(4,23)19(24)6-5-17(3,27-19)7-12-14(13)11(9-20)16(22)26-12/h7,13,20,23-24H,1,5-6,8-9H2,2-4H3/b12-7+. The van der Waals surface area contributed by atoms with Gasteiger partial charge in [0.1, 0.15) is 17.5 Å². The molecule has 0 saturated carbocycles. The highest BCUT2D eigenvalue weighted by molar-refractivity contribution is 5.95. The predicted octanol–water partition coefficient (Wildman–Crippen LogP) is 0.616. The quantitative estimate of drug-likeness (QED) is 0.481. The van der Waals surface area contributed by atoms with E-state index in [0.717, 1.165) is 0 Å². The van der Waals surface area contributed by atoms with Crippen molar-refractivity contribution in [2.75, 3.05) is 6.61 Å². The smallest absolute Gasteiger partial charge is 0.342 e. The van der Waals surface area contributed by atoms with E-state index in [9.17, 15) is 24.9 Å². The van der Waals surface area contributed by atoms with E-state index in [4.69, 9.17) is 14.2 Å². The molecular weight excluding hydrogens is 356 g/mol. The monoisotopic (exact) mass is 380 g/mol. The van der Waals surface area contributed by atoms with Gasteiger partial charge in [-0.25, -0.2) is 9.59 Å². The summed E-state index contributed by atoms with van der Waals surface area (Å²) < 4.78 is 16.5. The van der Waals surface area contributed by atoms with Crippen LogP contribution in [0.15, 0.2) is 35.1 Å². The molecule has 3 aliphatic rings. The molecular formula is C19H24O8. The zero-order chi connectivity index (χ0) is 20.2. The van der Waals surface area contributed by atoms with Crippen molar-refractivity contribution in [3.8, 4) is 0 Å². The van der Waals surface area contributed by atoms with Gasteiger partial charge in [-0.05, 0) is 33.3 Å². The van der Waals surface area contributed by atoms with E-state index >= 15 is 0 Å². The molecule has 3 aliphatic heterocycles. The Bertz CT molecular complexity index is 777. The van der Waals surface area contributed by atoms with Crippen LogP contribution in [-0.4, -0.2) is 57.0 Å². The summed E-state index contributed by atoms with van der Waals surface area (Å²) in [5.74, 6) is -3.28. The first-order valence-corrected chi connectivity index (χ1v) is 8.72. The molecule has 27 heavy (non-hydrogen) atoms. The summed E-state index contributed by atoms with van der Waals surface area (Å²) in [4.78, 5) is 24.3. The number of hydrogen-bond donors (Lipinski definition) is 3. The maximum absolute atomic E-state index is 12.2. The lowest BCUT2D eigenvalue weighted by atomic mass is 9.82. The van der Waals surface area contributed by atoms with Gasteiger partial charge in [-0.15, -0.1) is 0 Å². The van der Waals surface area contributed by atoms with Gasteiger partial charge in [0.25, 0.3) is 0 Å². The maximum Gasteiger partial charge on any atom is 0.342 e. The third kappa shape index (κ3) is 3.23.